The lowest BCUT2D eigenvalue weighted by molar-refractivity contribution is 0.485. The van der Waals surface area contributed by atoms with Gasteiger partial charge in [-0.2, -0.15) is 8.42 Å². The summed E-state index contributed by atoms with van der Waals surface area (Å²) in [7, 11) is -3.04. The molecule has 184 valence electrons. The number of hydrogen-bond acceptors (Lipinski definition) is 6. The number of rotatable bonds is 4. The molecule has 0 saturated heterocycles. The van der Waals surface area contributed by atoms with E-state index in [9.17, 15) is 17.8 Å². The van der Waals surface area contributed by atoms with E-state index in [1.165, 1.54) is 10.8 Å². The maximum absolute atomic E-state index is 12.7. The molecule has 11 nitrogen and oxygen atoms in total. The van der Waals surface area contributed by atoms with E-state index in [4.69, 9.17) is 5.41 Å². The van der Waals surface area contributed by atoms with Crippen molar-refractivity contribution in [2.75, 3.05) is 13.6 Å². The van der Waals surface area contributed by atoms with Crippen molar-refractivity contribution >= 4 is 50.4 Å². The summed E-state index contributed by atoms with van der Waals surface area (Å²) in [5.41, 5.74) is 2.44. The summed E-state index contributed by atoms with van der Waals surface area (Å²) in [6, 6.07) is 7.74. The van der Waals surface area contributed by atoms with Gasteiger partial charge in [0.05, 0.1) is 17.5 Å². The van der Waals surface area contributed by atoms with Crippen LogP contribution in [0.15, 0.2) is 56.9 Å². The average molecular weight is 506 g/mol. The van der Waals surface area contributed by atoms with Crippen LogP contribution in [0.2, 0.25) is 0 Å². The van der Waals surface area contributed by atoms with E-state index in [1.54, 1.807) is 11.9 Å². The van der Waals surface area contributed by atoms with Crippen LogP contribution in [0.5, 0.6) is 0 Å². The van der Waals surface area contributed by atoms with Crippen LogP contribution >= 0.6 is 0 Å². The Morgan fingerprint density at radius 2 is 1.97 bits per heavy atom. The molecule has 3 aromatic rings. The smallest absolute Gasteiger partial charge is 0.346 e. The van der Waals surface area contributed by atoms with E-state index in [2.05, 4.69) is 19.3 Å². The maximum Gasteiger partial charge on any atom is 0.378 e. The van der Waals surface area contributed by atoms with Crippen LogP contribution in [0.25, 0.3) is 28.4 Å². The molecule has 0 amide bonds. The van der Waals surface area contributed by atoms with Gasteiger partial charge in [-0.15, -0.1) is 4.40 Å². The summed E-state index contributed by atoms with van der Waals surface area (Å²) in [5, 5.41) is 10.3. The molecule has 0 radical (unpaired) electrons. The standard InChI is InChI=1S/C24H23N7O4S/c1-4-13-10-16-15-9-7-6-8-14(15)11-17(16)19(20(13)29-36(33,34)35)22-26-12-18-21(27-22)28-24(32)31(18)23(25)30(3)5-2/h6-12,25H,4-5H2,1-3H3,(H,33,34,35)(H,26,27,28,32). The predicted octanol–water partition coefficient (Wildman–Crippen LogP) is 0.847. The van der Waals surface area contributed by atoms with Crippen molar-refractivity contribution in [1.82, 2.24) is 24.4 Å². The van der Waals surface area contributed by atoms with E-state index >= 15 is 0 Å². The SMILES string of the molecule is CCC1=CC2=c3ccccc3=CC2=C(c2ncc3c(n2)[nH]c(=O)n3C(=N)N(C)CC)C1=NS(=O)(=O)O. The molecule has 1 aromatic carbocycles. The Morgan fingerprint density at radius 3 is 2.67 bits per heavy atom. The Kier molecular flexibility index (Phi) is 5.57. The van der Waals surface area contributed by atoms with E-state index in [0.29, 0.717) is 35.2 Å². The number of nitrogens with zero attached hydrogens (tertiary/aromatic N) is 5. The molecule has 0 fully saturated rings. The summed E-state index contributed by atoms with van der Waals surface area (Å²) in [6.07, 6.45) is 5.62. The molecule has 2 aromatic heterocycles. The molecule has 12 heteroatoms. The van der Waals surface area contributed by atoms with Gasteiger partial charge < -0.3 is 4.90 Å². The minimum Gasteiger partial charge on any atom is -0.346 e. The Labute approximate surface area is 205 Å². The van der Waals surface area contributed by atoms with E-state index in [-0.39, 0.29) is 23.1 Å². The molecule has 2 aliphatic rings. The zero-order valence-corrected chi connectivity index (χ0v) is 20.6. The zero-order valence-electron chi connectivity index (χ0n) is 19.8. The Bertz CT molecular complexity index is 1840. The van der Waals surface area contributed by atoms with Crippen molar-refractivity contribution < 1.29 is 13.0 Å². The molecular formula is C24H23N7O4S. The number of hydrogen-bond donors (Lipinski definition) is 3. The molecule has 0 saturated carbocycles. The van der Waals surface area contributed by atoms with Crippen LogP contribution in [-0.4, -0.2) is 62.7 Å². The van der Waals surface area contributed by atoms with Gasteiger partial charge in [-0.05, 0) is 52.7 Å². The van der Waals surface area contributed by atoms with Crippen LogP contribution in [0.1, 0.15) is 26.1 Å². The summed E-state index contributed by atoms with van der Waals surface area (Å²) in [6.45, 7) is 4.24. The van der Waals surface area contributed by atoms with Crippen molar-refractivity contribution in [3.8, 4) is 0 Å². The van der Waals surface area contributed by atoms with Crippen molar-refractivity contribution in [3.05, 3.63) is 74.4 Å². The molecule has 0 atom stereocenters. The largest absolute Gasteiger partial charge is 0.378 e. The molecule has 3 N–H and O–H groups in total. The fourth-order valence-electron chi connectivity index (χ4n) is 4.40. The van der Waals surface area contributed by atoms with Gasteiger partial charge in [-0.3, -0.25) is 14.9 Å². The van der Waals surface area contributed by atoms with Crippen molar-refractivity contribution in [1.29, 1.82) is 5.41 Å². The van der Waals surface area contributed by atoms with Crippen LogP contribution in [0.4, 0.5) is 0 Å². The third kappa shape index (κ3) is 3.80. The zero-order chi connectivity index (χ0) is 25.8. The molecule has 0 unspecified atom stereocenters. The van der Waals surface area contributed by atoms with Crippen molar-refractivity contribution in [2.45, 2.75) is 20.3 Å². The summed E-state index contributed by atoms with van der Waals surface area (Å²) < 4.78 is 38.1. The lowest BCUT2D eigenvalue weighted by Crippen LogP contribution is -2.37. The molecule has 0 aliphatic heterocycles. The first-order valence-corrected chi connectivity index (χ1v) is 12.6. The second-order valence-electron chi connectivity index (χ2n) is 8.38. The Morgan fingerprint density at radius 1 is 1.22 bits per heavy atom. The number of fused-ring (bicyclic) bond motifs is 3. The lowest BCUT2D eigenvalue weighted by Gasteiger charge is -2.21. The van der Waals surface area contributed by atoms with Crippen molar-refractivity contribution in [2.24, 2.45) is 4.40 Å². The third-order valence-electron chi connectivity index (χ3n) is 6.27. The van der Waals surface area contributed by atoms with E-state index in [1.807, 2.05) is 50.3 Å². The maximum atomic E-state index is 12.7. The molecular weight excluding hydrogens is 482 g/mol. The van der Waals surface area contributed by atoms with E-state index < -0.39 is 16.0 Å². The first kappa shape index (κ1) is 23.6. The molecule has 0 spiro atoms. The van der Waals surface area contributed by atoms with Gasteiger partial charge in [0.2, 0.25) is 5.96 Å². The highest BCUT2D eigenvalue weighted by Crippen LogP contribution is 2.36. The first-order valence-electron chi connectivity index (χ1n) is 11.3. The van der Waals surface area contributed by atoms with Crippen LogP contribution in [0.3, 0.4) is 0 Å². The van der Waals surface area contributed by atoms with Gasteiger partial charge in [-0.1, -0.05) is 31.2 Å². The van der Waals surface area contributed by atoms with E-state index in [0.717, 1.165) is 16.0 Å². The Balaban J connectivity index is 1.81. The number of imidazole rings is 1. The van der Waals surface area contributed by atoms with Gasteiger partial charge in [0, 0.05) is 13.6 Å². The van der Waals surface area contributed by atoms with Crippen LogP contribution in [-0.2, 0) is 10.3 Å². The summed E-state index contributed by atoms with van der Waals surface area (Å²) in [5.74, 6) is 0.0918. The highest BCUT2D eigenvalue weighted by molar-refractivity contribution is 7.84. The van der Waals surface area contributed by atoms with Crippen molar-refractivity contribution in [3.63, 3.8) is 0 Å². The summed E-state index contributed by atoms with van der Waals surface area (Å²) >= 11 is 0. The Hall–Kier alpha value is -4.16. The molecule has 5 rings (SSSR count). The molecule has 36 heavy (non-hydrogen) atoms. The second kappa shape index (κ2) is 8.50. The minimum atomic E-state index is -4.73. The number of nitrogens with one attached hydrogen (secondary N) is 2. The average Bonchev–Trinajstić information content (AvgIpc) is 3.37. The van der Waals surface area contributed by atoms with Gasteiger partial charge in [0.25, 0.3) is 0 Å². The molecule has 2 heterocycles. The molecule has 0 bridgehead atoms. The fourth-order valence-corrected chi connectivity index (χ4v) is 4.84. The highest BCUT2D eigenvalue weighted by atomic mass is 32.2. The highest BCUT2D eigenvalue weighted by Gasteiger charge is 2.30. The quantitative estimate of drug-likeness (QED) is 0.269. The van der Waals surface area contributed by atoms with Gasteiger partial charge in [0.15, 0.2) is 11.5 Å². The van der Waals surface area contributed by atoms with Crippen LogP contribution < -0.4 is 16.1 Å². The van der Waals surface area contributed by atoms with Gasteiger partial charge in [-0.25, -0.2) is 19.3 Å². The van der Waals surface area contributed by atoms with Gasteiger partial charge in [0.1, 0.15) is 5.52 Å². The number of benzene rings is 1. The predicted molar refractivity (Wildman–Crippen MR) is 137 cm³/mol. The number of allylic oxidation sites excluding steroid dienone is 4. The van der Waals surface area contributed by atoms with Gasteiger partial charge >= 0.3 is 16.0 Å². The number of H-pyrrole nitrogens is 1. The topological polar surface area (TPSA) is 157 Å². The molecule has 2 aliphatic carbocycles. The fraction of sp³-hybridized carbons (Fsp3) is 0.208. The summed E-state index contributed by atoms with van der Waals surface area (Å²) in [4.78, 5) is 25.9. The monoisotopic (exact) mass is 505 g/mol. The van der Waals surface area contributed by atoms with Crippen LogP contribution in [0, 0.1) is 5.41 Å². The normalized spacial score (nSPS) is 16.2. The number of aromatic nitrogens is 4. The third-order valence-corrected chi connectivity index (χ3v) is 6.68. The minimum absolute atomic E-state index is 0.0372. The second-order valence-corrected chi connectivity index (χ2v) is 9.45. The first-order chi connectivity index (χ1) is 17.1. The lowest BCUT2D eigenvalue weighted by atomic mass is 9.85. The number of aromatic amines is 1.